The summed E-state index contributed by atoms with van der Waals surface area (Å²) in [6, 6.07) is 0. The maximum absolute atomic E-state index is 9.89. The fourth-order valence-corrected chi connectivity index (χ4v) is 2.52. The van der Waals surface area contributed by atoms with E-state index < -0.39 is 0 Å². The smallest absolute Gasteiger partial charge is 0.0540 e. The van der Waals surface area contributed by atoms with Crippen LogP contribution in [0.1, 0.15) is 104 Å². The highest BCUT2D eigenvalue weighted by Gasteiger charge is 2.06. The second-order valence-corrected chi connectivity index (χ2v) is 6.36. The summed E-state index contributed by atoms with van der Waals surface area (Å²) in [5, 5.41) is 9.89. The first-order chi connectivity index (χ1) is 9.20. The monoisotopic (exact) mass is 270 g/mol. The summed E-state index contributed by atoms with van der Waals surface area (Å²) in [6.45, 7) is 6.79. The topological polar surface area (TPSA) is 20.2 Å². The Balaban J connectivity index is 3.16. The largest absolute Gasteiger partial charge is 0.393 e. The molecule has 0 aromatic rings. The molecule has 0 spiro atoms. The quantitative estimate of drug-likeness (QED) is 0.378. The molecule has 1 heteroatoms. The first kappa shape index (κ1) is 19.0. The van der Waals surface area contributed by atoms with Crippen LogP contribution < -0.4 is 0 Å². The Kier molecular flexibility index (Phi) is 14.3. The summed E-state index contributed by atoms with van der Waals surface area (Å²) in [5.74, 6) is 0.776. The highest BCUT2D eigenvalue weighted by atomic mass is 16.3. The highest BCUT2D eigenvalue weighted by molar-refractivity contribution is 4.59. The third-order valence-corrected chi connectivity index (χ3v) is 4.33. The molecule has 0 fully saturated rings. The maximum Gasteiger partial charge on any atom is 0.0540 e. The van der Waals surface area contributed by atoms with Crippen molar-refractivity contribution in [3.05, 3.63) is 0 Å². The van der Waals surface area contributed by atoms with Gasteiger partial charge in [-0.15, -0.1) is 0 Å². The minimum Gasteiger partial charge on any atom is -0.393 e. The van der Waals surface area contributed by atoms with Gasteiger partial charge in [-0.3, -0.25) is 0 Å². The van der Waals surface area contributed by atoms with E-state index in [1.165, 1.54) is 70.6 Å². The van der Waals surface area contributed by atoms with Crippen molar-refractivity contribution < 1.29 is 5.11 Å². The van der Waals surface area contributed by atoms with E-state index in [1.807, 2.05) is 0 Å². The van der Waals surface area contributed by atoms with Crippen molar-refractivity contribution in [2.24, 2.45) is 5.92 Å². The van der Waals surface area contributed by atoms with Gasteiger partial charge in [-0.05, 0) is 25.2 Å². The molecule has 2 unspecified atom stereocenters. The van der Waals surface area contributed by atoms with Gasteiger partial charge >= 0.3 is 0 Å². The molecule has 0 amide bonds. The molecule has 1 nitrogen and oxygen atoms in total. The number of hydrogen-bond donors (Lipinski definition) is 1. The molecule has 0 heterocycles. The van der Waals surface area contributed by atoms with Crippen LogP contribution in [-0.4, -0.2) is 11.2 Å². The summed E-state index contributed by atoms with van der Waals surface area (Å²) in [5.41, 5.74) is 0. The fourth-order valence-electron chi connectivity index (χ4n) is 2.52. The number of aliphatic hydroxyl groups excluding tert-OH is 1. The van der Waals surface area contributed by atoms with E-state index in [-0.39, 0.29) is 6.10 Å². The van der Waals surface area contributed by atoms with Gasteiger partial charge in [0.25, 0.3) is 0 Å². The van der Waals surface area contributed by atoms with E-state index in [9.17, 15) is 5.11 Å². The van der Waals surface area contributed by atoms with Crippen molar-refractivity contribution in [3.8, 4) is 0 Å². The summed E-state index contributed by atoms with van der Waals surface area (Å²) >= 11 is 0. The van der Waals surface area contributed by atoms with Crippen LogP contribution in [0.4, 0.5) is 0 Å². The van der Waals surface area contributed by atoms with Crippen LogP contribution in [0, 0.1) is 5.92 Å². The molecular weight excluding hydrogens is 232 g/mol. The summed E-state index contributed by atoms with van der Waals surface area (Å²) < 4.78 is 0. The molecule has 0 bridgehead atoms. The van der Waals surface area contributed by atoms with Crippen molar-refractivity contribution in [1.82, 2.24) is 0 Å². The minimum atomic E-state index is -0.0430. The van der Waals surface area contributed by atoms with Gasteiger partial charge in [0.2, 0.25) is 0 Å². The molecular formula is C18H38O. The van der Waals surface area contributed by atoms with E-state index in [0.29, 0.717) is 0 Å². The highest BCUT2D eigenvalue weighted by Crippen LogP contribution is 2.16. The van der Waals surface area contributed by atoms with E-state index >= 15 is 0 Å². The van der Waals surface area contributed by atoms with Crippen LogP contribution >= 0.6 is 0 Å². The average Bonchev–Trinajstić information content (AvgIpc) is 2.42. The lowest BCUT2D eigenvalue weighted by molar-refractivity contribution is 0.142. The van der Waals surface area contributed by atoms with E-state index in [1.54, 1.807) is 0 Å². The Bertz CT molecular complexity index is 167. The normalized spacial score (nSPS) is 14.5. The lowest BCUT2D eigenvalue weighted by Gasteiger charge is -2.13. The lowest BCUT2D eigenvalue weighted by Crippen LogP contribution is -2.08. The zero-order valence-corrected chi connectivity index (χ0v) is 13.8. The summed E-state index contributed by atoms with van der Waals surface area (Å²) in [6.07, 6.45) is 16.7. The Hall–Kier alpha value is -0.0400. The molecule has 0 saturated heterocycles. The van der Waals surface area contributed by atoms with Gasteiger partial charge in [0.05, 0.1) is 6.10 Å². The Morgan fingerprint density at radius 2 is 1.21 bits per heavy atom. The van der Waals surface area contributed by atoms with Gasteiger partial charge in [-0.1, -0.05) is 85.0 Å². The Morgan fingerprint density at radius 1 is 0.684 bits per heavy atom. The van der Waals surface area contributed by atoms with Gasteiger partial charge in [-0.25, -0.2) is 0 Å². The average molecular weight is 271 g/mol. The molecule has 1 N–H and O–H groups in total. The standard InChI is InChI=1S/C18H38O/c1-4-6-7-8-9-10-11-12-13-14-18(19)16-15-17(3)5-2/h17-19H,4-16H2,1-3H3. The van der Waals surface area contributed by atoms with Crippen LogP contribution in [0.3, 0.4) is 0 Å². The number of unbranched alkanes of at least 4 members (excludes halogenated alkanes) is 8. The van der Waals surface area contributed by atoms with Crippen LogP contribution in [0.25, 0.3) is 0 Å². The van der Waals surface area contributed by atoms with Crippen LogP contribution in [0.5, 0.6) is 0 Å². The Labute approximate surface area is 122 Å². The summed E-state index contributed by atoms with van der Waals surface area (Å²) in [7, 11) is 0. The van der Waals surface area contributed by atoms with Crippen LogP contribution in [0.2, 0.25) is 0 Å². The first-order valence-electron chi connectivity index (χ1n) is 8.88. The fraction of sp³-hybridized carbons (Fsp3) is 1.00. The van der Waals surface area contributed by atoms with Crippen molar-refractivity contribution in [2.45, 2.75) is 110 Å². The number of aliphatic hydroxyl groups is 1. The van der Waals surface area contributed by atoms with Crippen molar-refractivity contribution in [2.75, 3.05) is 0 Å². The number of rotatable bonds is 14. The van der Waals surface area contributed by atoms with Gasteiger partial charge in [0.15, 0.2) is 0 Å². The molecule has 0 aliphatic heterocycles. The van der Waals surface area contributed by atoms with E-state index in [0.717, 1.165) is 18.8 Å². The maximum atomic E-state index is 9.89. The molecule has 0 saturated carbocycles. The molecule has 19 heavy (non-hydrogen) atoms. The van der Waals surface area contributed by atoms with Crippen LogP contribution in [0.15, 0.2) is 0 Å². The van der Waals surface area contributed by atoms with Gasteiger partial charge in [-0.2, -0.15) is 0 Å². The minimum absolute atomic E-state index is 0.0430. The molecule has 0 aromatic carbocycles. The molecule has 0 radical (unpaired) electrons. The van der Waals surface area contributed by atoms with E-state index in [2.05, 4.69) is 20.8 Å². The van der Waals surface area contributed by atoms with Crippen molar-refractivity contribution in [3.63, 3.8) is 0 Å². The molecule has 0 aliphatic rings. The van der Waals surface area contributed by atoms with Gasteiger partial charge in [0.1, 0.15) is 0 Å². The second-order valence-electron chi connectivity index (χ2n) is 6.36. The molecule has 0 rings (SSSR count). The summed E-state index contributed by atoms with van der Waals surface area (Å²) in [4.78, 5) is 0. The van der Waals surface area contributed by atoms with Crippen molar-refractivity contribution in [1.29, 1.82) is 0 Å². The SMILES string of the molecule is CCCCCCCCCCCC(O)CCC(C)CC. The molecule has 0 aliphatic carbocycles. The predicted octanol–water partition coefficient (Wildman–Crippen LogP) is 6.09. The number of hydrogen-bond acceptors (Lipinski definition) is 1. The second kappa shape index (κ2) is 14.4. The van der Waals surface area contributed by atoms with Crippen molar-refractivity contribution >= 4 is 0 Å². The van der Waals surface area contributed by atoms with Gasteiger partial charge in [0, 0.05) is 0 Å². The predicted molar refractivity (Wildman–Crippen MR) is 86.5 cm³/mol. The Morgan fingerprint density at radius 3 is 1.74 bits per heavy atom. The zero-order valence-electron chi connectivity index (χ0n) is 13.8. The lowest BCUT2D eigenvalue weighted by atomic mass is 9.98. The third kappa shape index (κ3) is 14.2. The third-order valence-electron chi connectivity index (χ3n) is 4.33. The first-order valence-corrected chi connectivity index (χ1v) is 8.88. The van der Waals surface area contributed by atoms with Gasteiger partial charge < -0.3 is 5.11 Å². The van der Waals surface area contributed by atoms with E-state index in [4.69, 9.17) is 0 Å². The molecule has 2 atom stereocenters. The zero-order chi connectivity index (χ0) is 14.3. The molecule has 116 valence electrons. The van der Waals surface area contributed by atoms with Crippen LogP contribution in [-0.2, 0) is 0 Å². The molecule has 0 aromatic heterocycles.